The van der Waals surface area contributed by atoms with Gasteiger partial charge in [0.25, 0.3) is 0 Å². The molecule has 0 aliphatic heterocycles. The Labute approximate surface area is 55.3 Å². The van der Waals surface area contributed by atoms with Gasteiger partial charge in [-0.1, -0.05) is 15.9 Å². The van der Waals surface area contributed by atoms with E-state index in [1.165, 1.54) is 4.99 Å². The Morgan fingerprint density at radius 2 is 2.38 bits per heavy atom. The molecule has 0 aromatic rings. The lowest BCUT2D eigenvalue weighted by atomic mass is 10.3. The van der Waals surface area contributed by atoms with Crippen molar-refractivity contribution in [3.63, 3.8) is 0 Å². The first-order valence-corrected chi connectivity index (χ1v) is 2.84. The molecule has 0 unspecified atom stereocenters. The van der Waals surface area contributed by atoms with Gasteiger partial charge in [0.15, 0.2) is 0 Å². The normalized spacial score (nSPS) is 11.5. The van der Waals surface area contributed by atoms with Gasteiger partial charge in [0.1, 0.15) is 0 Å². The standard InChI is InChI=1S/C4H6BrNO2/c5-1-3(2-7)4(6)8/h1,7H,2H2,(H2,6,8). The maximum absolute atomic E-state index is 10.1. The lowest BCUT2D eigenvalue weighted by molar-refractivity contribution is -0.114. The van der Waals surface area contributed by atoms with Crippen molar-refractivity contribution in [1.29, 1.82) is 0 Å². The zero-order valence-corrected chi connectivity index (χ0v) is 5.68. The summed E-state index contributed by atoms with van der Waals surface area (Å²) in [5, 5.41) is 8.30. The van der Waals surface area contributed by atoms with Gasteiger partial charge in [-0.05, 0) is 4.99 Å². The van der Waals surface area contributed by atoms with Crippen molar-refractivity contribution >= 4 is 21.8 Å². The zero-order valence-electron chi connectivity index (χ0n) is 4.10. The van der Waals surface area contributed by atoms with E-state index in [1.807, 2.05) is 0 Å². The Morgan fingerprint density at radius 1 is 1.88 bits per heavy atom. The van der Waals surface area contributed by atoms with Gasteiger partial charge in [-0.15, -0.1) is 0 Å². The van der Waals surface area contributed by atoms with Gasteiger partial charge in [0, 0.05) is 5.57 Å². The van der Waals surface area contributed by atoms with Crippen LogP contribution < -0.4 is 5.73 Å². The number of halogens is 1. The number of amides is 1. The van der Waals surface area contributed by atoms with Gasteiger partial charge in [-0.25, -0.2) is 0 Å². The minimum Gasteiger partial charge on any atom is -0.391 e. The van der Waals surface area contributed by atoms with E-state index in [9.17, 15) is 4.79 Å². The molecule has 0 aromatic heterocycles. The fourth-order valence-electron chi connectivity index (χ4n) is 0.166. The van der Waals surface area contributed by atoms with E-state index >= 15 is 0 Å². The van der Waals surface area contributed by atoms with E-state index in [-0.39, 0.29) is 12.2 Å². The molecule has 46 valence electrons. The minimum absolute atomic E-state index is 0.171. The van der Waals surface area contributed by atoms with Crippen molar-refractivity contribution in [1.82, 2.24) is 0 Å². The summed E-state index contributed by atoms with van der Waals surface area (Å²) in [6.45, 7) is -0.319. The van der Waals surface area contributed by atoms with Crippen molar-refractivity contribution in [2.45, 2.75) is 0 Å². The van der Waals surface area contributed by atoms with Crippen LogP contribution in [0.25, 0.3) is 0 Å². The van der Waals surface area contributed by atoms with E-state index < -0.39 is 5.91 Å². The molecule has 0 aliphatic carbocycles. The van der Waals surface area contributed by atoms with Crippen LogP contribution in [0.4, 0.5) is 0 Å². The molecular formula is C4H6BrNO2. The molecule has 4 heteroatoms. The number of hydrogen-bond donors (Lipinski definition) is 2. The summed E-state index contributed by atoms with van der Waals surface area (Å²) in [6.07, 6.45) is 0. The number of carbonyl (C=O) groups excluding carboxylic acids is 1. The van der Waals surface area contributed by atoms with Gasteiger partial charge >= 0.3 is 0 Å². The Bertz CT molecular complexity index is 121. The molecule has 0 aromatic carbocycles. The smallest absolute Gasteiger partial charge is 0.247 e. The predicted octanol–water partition coefficient (Wildman–Crippen LogP) is -0.257. The third-order valence-electron chi connectivity index (χ3n) is 0.619. The lowest BCUT2D eigenvalue weighted by Gasteiger charge is -1.91. The zero-order chi connectivity index (χ0) is 6.57. The molecule has 0 heterocycles. The molecule has 0 aliphatic rings. The van der Waals surface area contributed by atoms with Gasteiger partial charge in [-0.3, -0.25) is 4.79 Å². The number of aliphatic hydroxyl groups excluding tert-OH is 1. The molecule has 8 heavy (non-hydrogen) atoms. The fraction of sp³-hybridized carbons (Fsp3) is 0.250. The highest BCUT2D eigenvalue weighted by molar-refractivity contribution is 9.11. The molecule has 0 rings (SSSR count). The molecule has 0 radical (unpaired) electrons. The largest absolute Gasteiger partial charge is 0.391 e. The summed E-state index contributed by atoms with van der Waals surface area (Å²) < 4.78 is 0. The second-order valence-corrected chi connectivity index (χ2v) is 1.61. The average molecular weight is 180 g/mol. The molecule has 3 N–H and O–H groups in total. The van der Waals surface area contributed by atoms with Crippen molar-refractivity contribution in [3.05, 3.63) is 10.6 Å². The highest BCUT2D eigenvalue weighted by Crippen LogP contribution is 1.94. The first-order valence-electron chi connectivity index (χ1n) is 1.92. The lowest BCUT2D eigenvalue weighted by Crippen LogP contribution is -2.15. The summed E-state index contributed by atoms with van der Waals surface area (Å²) in [5.74, 6) is -0.607. The van der Waals surface area contributed by atoms with E-state index in [2.05, 4.69) is 15.9 Å². The van der Waals surface area contributed by atoms with Crippen molar-refractivity contribution in [2.75, 3.05) is 6.61 Å². The van der Waals surface area contributed by atoms with Crippen LogP contribution in [0.5, 0.6) is 0 Å². The maximum Gasteiger partial charge on any atom is 0.247 e. The first-order chi connectivity index (χ1) is 3.72. The van der Waals surface area contributed by atoms with Gasteiger partial charge in [-0.2, -0.15) is 0 Å². The summed E-state index contributed by atoms with van der Waals surface area (Å²) >= 11 is 2.85. The number of carbonyl (C=O) groups is 1. The quantitative estimate of drug-likeness (QED) is 0.575. The minimum atomic E-state index is -0.607. The number of aliphatic hydroxyl groups is 1. The molecule has 0 saturated heterocycles. The summed E-state index contributed by atoms with van der Waals surface area (Å²) in [4.78, 5) is 11.4. The second kappa shape index (κ2) is 3.63. The summed E-state index contributed by atoms with van der Waals surface area (Å²) in [6, 6.07) is 0. The highest BCUT2D eigenvalue weighted by Gasteiger charge is 1.98. The van der Waals surface area contributed by atoms with Gasteiger partial charge < -0.3 is 10.8 Å². The van der Waals surface area contributed by atoms with Gasteiger partial charge in [0.2, 0.25) is 5.91 Å². The number of hydrogen-bond acceptors (Lipinski definition) is 2. The molecular weight excluding hydrogens is 174 g/mol. The fourth-order valence-corrected chi connectivity index (χ4v) is 0.537. The Kier molecular flexibility index (Phi) is 3.47. The predicted molar refractivity (Wildman–Crippen MR) is 33.3 cm³/mol. The Hall–Kier alpha value is -0.350. The van der Waals surface area contributed by atoms with E-state index in [1.54, 1.807) is 0 Å². The van der Waals surface area contributed by atoms with E-state index in [0.29, 0.717) is 0 Å². The molecule has 0 bridgehead atoms. The number of primary amides is 1. The molecule has 0 atom stereocenters. The second-order valence-electron chi connectivity index (χ2n) is 1.16. The summed E-state index contributed by atoms with van der Waals surface area (Å²) in [5.41, 5.74) is 4.93. The Morgan fingerprint density at radius 3 is 2.38 bits per heavy atom. The van der Waals surface area contributed by atoms with Crippen LogP contribution in [0.3, 0.4) is 0 Å². The average Bonchev–Trinajstić information content (AvgIpc) is 1.69. The van der Waals surface area contributed by atoms with Crippen molar-refractivity contribution < 1.29 is 9.90 Å². The summed E-state index contributed by atoms with van der Waals surface area (Å²) in [7, 11) is 0. The molecule has 3 nitrogen and oxygen atoms in total. The topological polar surface area (TPSA) is 63.3 Å². The van der Waals surface area contributed by atoms with Crippen LogP contribution >= 0.6 is 15.9 Å². The molecule has 0 saturated carbocycles. The van der Waals surface area contributed by atoms with Crippen LogP contribution in [0.2, 0.25) is 0 Å². The number of rotatable bonds is 2. The van der Waals surface area contributed by atoms with Crippen molar-refractivity contribution in [2.24, 2.45) is 5.73 Å². The molecule has 1 amide bonds. The van der Waals surface area contributed by atoms with Gasteiger partial charge in [0.05, 0.1) is 6.61 Å². The van der Waals surface area contributed by atoms with Crippen LogP contribution in [-0.4, -0.2) is 17.6 Å². The van der Waals surface area contributed by atoms with Crippen LogP contribution in [0, 0.1) is 0 Å². The molecule has 0 fully saturated rings. The maximum atomic E-state index is 10.1. The Balaban J connectivity index is 3.92. The van der Waals surface area contributed by atoms with Crippen molar-refractivity contribution in [3.8, 4) is 0 Å². The van der Waals surface area contributed by atoms with Crippen LogP contribution in [0.1, 0.15) is 0 Å². The third-order valence-corrected chi connectivity index (χ3v) is 1.17. The third kappa shape index (κ3) is 2.09. The molecule has 0 spiro atoms. The van der Waals surface area contributed by atoms with Crippen LogP contribution in [-0.2, 0) is 4.79 Å². The van der Waals surface area contributed by atoms with Crippen LogP contribution in [0.15, 0.2) is 10.6 Å². The van der Waals surface area contributed by atoms with E-state index in [0.717, 1.165) is 0 Å². The highest BCUT2D eigenvalue weighted by atomic mass is 79.9. The monoisotopic (exact) mass is 179 g/mol. The first kappa shape index (κ1) is 7.65. The van der Waals surface area contributed by atoms with E-state index in [4.69, 9.17) is 10.8 Å². The number of nitrogens with two attached hydrogens (primary N) is 1. The SMILES string of the molecule is NC(=O)C(=CBr)CO.